The van der Waals surface area contributed by atoms with E-state index in [9.17, 15) is 4.79 Å². The second-order valence-electron chi connectivity index (χ2n) is 14.3. The fourth-order valence-corrected chi connectivity index (χ4v) is 9.28. The highest BCUT2D eigenvalue weighted by Gasteiger charge is 2.45. The van der Waals surface area contributed by atoms with Gasteiger partial charge in [-0.1, -0.05) is 102 Å². The van der Waals surface area contributed by atoms with Crippen LogP contribution in [-0.2, 0) is 16.1 Å². The molecule has 5 aliphatic rings. The van der Waals surface area contributed by atoms with Gasteiger partial charge in [0.25, 0.3) is 0 Å². The quantitative estimate of drug-likeness (QED) is 0.336. The van der Waals surface area contributed by atoms with Crippen LogP contribution in [0.2, 0.25) is 0 Å². The molecular formula is C36H58N4O2. The predicted octanol–water partition coefficient (Wildman–Crippen LogP) is 7.59. The van der Waals surface area contributed by atoms with Crippen molar-refractivity contribution in [3.05, 3.63) is 34.9 Å². The van der Waals surface area contributed by atoms with Crippen LogP contribution in [0, 0.1) is 11.3 Å². The van der Waals surface area contributed by atoms with Crippen molar-refractivity contribution in [1.82, 2.24) is 21.0 Å². The first-order valence-corrected chi connectivity index (χ1v) is 18.0. The molecule has 2 heterocycles. The molecule has 3 aliphatic carbocycles. The highest BCUT2D eigenvalue weighted by molar-refractivity contribution is 5.80. The first-order valence-electron chi connectivity index (χ1n) is 18.0. The van der Waals surface area contributed by atoms with Crippen molar-refractivity contribution in [2.45, 2.75) is 160 Å². The molecule has 0 aromatic heterocycles. The Labute approximate surface area is 255 Å². The number of hydroxylamine groups is 1. The lowest BCUT2D eigenvalue weighted by molar-refractivity contribution is -0.132. The van der Waals surface area contributed by atoms with Crippen LogP contribution in [0.1, 0.15) is 158 Å². The maximum absolute atomic E-state index is 14.0. The number of fused-ring (bicyclic) bond motifs is 1. The normalized spacial score (nSPS) is 31.7. The Balaban J connectivity index is 1.15. The molecule has 1 spiro atoms. The second-order valence-corrected chi connectivity index (χ2v) is 14.3. The Kier molecular flexibility index (Phi) is 10.6. The van der Waals surface area contributed by atoms with Crippen LogP contribution in [0.25, 0.3) is 0 Å². The molecule has 6 heteroatoms. The van der Waals surface area contributed by atoms with Crippen LogP contribution >= 0.6 is 0 Å². The molecule has 2 saturated carbocycles. The lowest BCUT2D eigenvalue weighted by Crippen LogP contribution is -2.52. The molecule has 2 saturated heterocycles. The molecular weight excluding hydrogens is 520 g/mol. The zero-order chi connectivity index (χ0) is 28.8. The van der Waals surface area contributed by atoms with Gasteiger partial charge in [0.1, 0.15) is 12.4 Å². The highest BCUT2D eigenvalue weighted by Crippen LogP contribution is 2.46. The summed E-state index contributed by atoms with van der Waals surface area (Å²) in [5.74, 6) is 0.395. The second kappa shape index (κ2) is 14.5. The van der Waals surface area contributed by atoms with E-state index in [1.807, 2.05) is 0 Å². The number of hydrogen-bond acceptors (Lipinski definition) is 5. The fraction of sp³-hybridized carbons (Fsp3) is 0.806. The van der Waals surface area contributed by atoms with Gasteiger partial charge < -0.3 is 10.6 Å². The number of nitrogens with one attached hydrogen (secondary N) is 3. The smallest absolute Gasteiger partial charge is 0.225 e. The zero-order valence-corrected chi connectivity index (χ0v) is 26.4. The minimum absolute atomic E-state index is 0.0972. The van der Waals surface area contributed by atoms with Crippen LogP contribution in [0.4, 0.5) is 0 Å². The van der Waals surface area contributed by atoms with Crippen molar-refractivity contribution in [3.63, 3.8) is 0 Å². The lowest BCUT2D eigenvalue weighted by Gasteiger charge is -2.44. The standard InChI is InChI=1S/C36H58N4O2/c1-2-33-40(29-15-11-7-3-4-8-12-16-29)34(39-42-33)28-17-19-30-27(25-28)18-20-32(30)38-35(41)31-26-37-24-23-36(31)21-13-9-5-6-10-14-22-36/h17,19,25,29,31-34,37,39H,2-16,18,20-24,26H2,1H3,(H,38,41)/t31?,32-,33?,34?/m1/s1. The van der Waals surface area contributed by atoms with E-state index in [1.165, 1.54) is 119 Å². The van der Waals surface area contributed by atoms with E-state index in [2.05, 4.69) is 46.1 Å². The lowest BCUT2D eigenvalue weighted by atomic mass is 9.64. The summed E-state index contributed by atoms with van der Waals surface area (Å²) in [4.78, 5) is 22.8. The number of benzene rings is 1. The van der Waals surface area contributed by atoms with E-state index in [0.29, 0.717) is 11.9 Å². The third-order valence-electron chi connectivity index (χ3n) is 11.7. The summed E-state index contributed by atoms with van der Waals surface area (Å²) < 4.78 is 0. The summed E-state index contributed by atoms with van der Waals surface area (Å²) in [5, 5.41) is 7.17. The Morgan fingerprint density at radius 1 is 0.929 bits per heavy atom. The Hall–Kier alpha value is -1.47. The SMILES string of the molecule is CCC1ONC(c2ccc3c(c2)CC[C@H]3NC(=O)C2CNCCC23CCCCCCCC3)N1C1CCCCCCCC1. The molecule has 4 fully saturated rings. The summed E-state index contributed by atoms with van der Waals surface area (Å²) in [6.45, 7) is 4.15. The van der Waals surface area contributed by atoms with Crippen LogP contribution in [0.15, 0.2) is 18.2 Å². The van der Waals surface area contributed by atoms with Crippen molar-refractivity contribution >= 4 is 5.91 Å². The maximum Gasteiger partial charge on any atom is 0.225 e. The number of aryl methyl sites for hydroxylation is 1. The van der Waals surface area contributed by atoms with E-state index in [-0.39, 0.29) is 29.8 Å². The number of carbonyl (C=O) groups excluding carboxylic acids is 1. The van der Waals surface area contributed by atoms with E-state index in [4.69, 9.17) is 4.84 Å². The van der Waals surface area contributed by atoms with Gasteiger partial charge >= 0.3 is 0 Å². The van der Waals surface area contributed by atoms with Crippen molar-refractivity contribution in [2.24, 2.45) is 11.3 Å². The van der Waals surface area contributed by atoms with Gasteiger partial charge in [0.2, 0.25) is 5.91 Å². The number of amides is 1. The van der Waals surface area contributed by atoms with Crippen LogP contribution in [-0.4, -0.2) is 36.2 Å². The van der Waals surface area contributed by atoms with Crippen molar-refractivity contribution in [3.8, 4) is 0 Å². The summed E-state index contributed by atoms with van der Waals surface area (Å²) in [5.41, 5.74) is 7.70. The monoisotopic (exact) mass is 578 g/mol. The highest BCUT2D eigenvalue weighted by atomic mass is 16.7. The van der Waals surface area contributed by atoms with Gasteiger partial charge in [-0.05, 0) is 80.0 Å². The van der Waals surface area contributed by atoms with E-state index in [1.54, 1.807) is 0 Å². The Morgan fingerprint density at radius 2 is 1.62 bits per heavy atom. The van der Waals surface area contributed by atoms with Gasteiger partial charge in [0.15, 0.2) is 0 Å². The molecule has 1 aromatic carbocycles. The zero-order valence-electron chi connectivity index (χ0n) is 26.4. The molecule has 3 unspecified atom stereocenters. The molecule has 234 valence electrons. The number of carbonyl (C=O) groups is 1. The summed E-state index contributed by atoms with van der Waals surface area (Å²) in [6.07, 6.45) is 25.6. The van der Waals surface area contributed by atoms with Gasteiger partial charge in [-0.3, -0.25) is 14.5 Å². The number of piperidine rings is 1. The molecule has 3 N–H and O–H groups in total. The van der Waals surface area contributed by atoms with Gasteiger partial charge in [-0.2, -0.15) is 5.48 Å². The third-order valence-corrected chi connectivity index (χ3v) is 11.7. The average molecular weight is 579 g/mol. The Morgan fingerprint density at radius 3 is 2.33 bits per heavy atom. The molecule has 6 rings (SSSR count). The third kappa shape index (κ3) is 6.77. The van der Waals surface area contributed by atoms with E-state index < -0.39 is 0 Å². The molecule has 42 heavy (non-hydrogen) atoms. The minimum atomic E-state index is 0.0972. The van der Waals surface area contributed by atoms with Gasteiger partial charge in [0.05, 0.1) is 12.0 Å². The number of hydrogen-bond donors (Lipinski definition) is 3. The van der Waals surface area contributed by atoms with Gasteiger partial charge in [0, 0.05) is 12.6 Å². The minimum Gasteiger partial charge on any atom is -0.349 e. The average Bonchev–Trinajstić information content (AvgIpc) is 3.66. The van der Waals surface area contributed by atoms with Crippen LogP contribution in [0.5, 0.6) is 0 Å². The molecule has 4 atom stereocenters. The Bertz CT molecular complexity index is 1010. The topological polar surface area (TPSA) is 65.6 Å². The summed E-state index contributed by atoms with van der Waals surface area (Å²) in [7, 11) is 0. The van der Waals surface area contributed by atoms with E-state index >= 15 is 0 Å². The molecule has 1 amide bonds. The summed E-state index contributed by atoms with van der Waals surface area (Å²) >= 11 is 0. The number of rotatable bonds is 5. The van der Waals surface area contributed by atoms with E-state index in [0.717, 1.165) is 38.8 Å². The molecule has 1 aromatic rings. The molecule has 0 radical (unpaired) electrons. The first kappa shape index (κ1) is 30.6. The summed E-state index contributed by atoms with van der Waals surface area (Å²) in [6, 6.07) is 7.76. The fourth-order valence-electron chi connectivity index (χ4n) is 9.28. The number of nitrogens with zero attached hydrogens (tertiary/aromatic N) is 1. The van der Waals surface area contributed by atoms with Gasteiger partial charge in [-0.25, -0.2) is 0 Å². The predicted molar refractivity (Wildman–Crippen MR) is 170 cm³/mol. The van der Waals surface area contributed by atoms with Crippen molar-refractivity contribution in [2.75, 3.05) is 13.1 Å². The van der Waals surface area contributed by atoms with Crippen molar-refractivity contribution in [1.29, 1.82) is 0 Å². The van der Waals surface area contributed by atoms with Crippen LogP contribution < -0.4 is 16.1 Å². The largest absolute Gasteiger partial charge is 0.349 e. The maximum atomic E-state index is 14.0. The molecule has 6 nitrogen and oxygen atoms in total. The first-order chi connectivity index (χ1) is 20.7. The van der Waals surface area contributed by atoms with Gasteiger partial charge in [-0.15, -0.1) is 0 Å². The molecule has 2 aliphatic heterocycles. The van der Waals surface area contributed by atoms with Crippen LogP contribution in [0.3, 0.4) is 0 Å². The molecule has 0 bridgehead atoms. The van der Waals surface area contributed by atoms with Crippen molar-refractivity contribution < 1.29 is 9.63 Å².